The first-order chi connectivity index (χ1) is 15.5. The van der Waals surface area contributed by atoms with Gasteiger partial charge in [0, 0.05) is 30.6 Å². The lowest BCUT2D eigenvalue weighted by Gasteiger charge is -2.30. The number of para-hydroxylation sites is 1. The van der Waals surface area contributed by atoms with Gasteiger partial charge in [-0.3, -0.25) is 4.79 Å². The molecular formula is C27H29NO3S. The molecule has 32 heavy (non-hydrogen) atoms. The van der Waals surface area contributed by atoms with Gasteiger partial charge in [-0.15, -0.1) is 11.3 Å². The van der Waals surface area contributed by atoms with Crippen LogP contribution in [0.4, 0.5) is 5.00 Å². The third-order valence-corrected chi connectivity index (χ3v) is 7.56. The molecule has 0 bridgehead atoms. The van der Waals surface area contributed by atoms with Crippen LogP contribution in [0.5, 0.6) is 5.75 Å². The highest BCUT2D eigenvalue weighted by Crippen LogP contribution is 2.51. The summed E-state index contributed by atoms with van der Waals surface area (Å²) in [5.74, 6) is 1.13. The van der Waals surface area contributed by atoms with Gasteiger partial charge >= 0.3 is 0 Å². The number of carbonyl (C=O) groups excluding carboxylic acids is 1. The fourth-order valence-corrected chi connectivity index (χ4v) is 6.03. The number of rotatable bonds is 5. The largest absolute Gasteiger partial charge is 0.488 e. The van der Waals surface area contributed by atoms with Gasteiger partial charge in [0.2, 0.25) is 0 Å². The summed E-state index contributed by atoms with van der Waals surface area (Å²) in [5.41, 5.74) is 4.54. The minimum atomic E-state index is -0.0397. The number of Topliss-reactive ketones (excluding diaryl/α,β-unsaturated/α-hetero) is 1. The Balaban J connectivity index is 1.60. The van der Waals surface area contributed by atoms with E-state index in [0.29, 0.717) is 26.2 Å². The smallest absolute Gasteiger partial charge is 0.173 e. The summed E-state index contributed by atoms with van der Waals surface area (Å²) >= 11 is 1.66. The highest BCUT2D eigenvalue weighted by molar-refractivity contribution is 7.19. The summed E-state index contributed by atoms with van der Waals surface area (Å²) in [6.07, 6.45) is 1.51. The SMILES string of the molecule is CC1(C)CC(=O)c2sc(N3CCOCC3)c(-c3ccccc3OCc3ccccc3)c2C1. The van der Waals surface area contributed by atoms with Gasteiger partial charge in [-0.1, -0.05) is 62.4 Å². The average molecular weight is 448 g/mol. The summed E-state index contributed by atoms with van der Waals surface area (Å²) < 4.78 is 11.9. The highest BCUT2D eigenvalue weighted by Gasteiger charge is 2.37. The Morgan fingerprint density at radius 3 is 2.50 bits per heavy atom. The third kappa shape index (κ3) is 4.19. The van der Waals surface area contributed by atoms with E-state index in [1.807, 2.05) is 30.3 Å². The maximum absolute atomic E-state index is 13.1. The van der Waals surface area contributed by atoms with Crippen LogP contribution >= 0.6 is 11.3 Å². The van der Waals surface area contributed by atoms with Gasteiger partial charge in [0.05, 0.1) is 18.1 Å². The van der Waals surface area contributed by atoms with Gasteiger partial charge < -0.3 is 14.4 Å². The fourth-order valence-electron chi connectivity index (χ4n) is 4.70. The van der Waals surface area contributed by atoms with Crippen LogP contribution in [-0.4, -0.2) is 32.1 Å². The minimum absolute atomic E-state index is 0.0397. The number of ketones is 1. The van der Waals surface area contributed by atoms with Crippen LogP contribution < -0.4 is 9.64 Å². The predicted molar refractivity (Wildman–Crippen MR) is 130 cm³/mol. The van der Waals surface area contributed by atoms with E-state index in [-0.39, 0.29) is 11.2 Å². The van der Waals surface area contributed by atoms with E-state index in [1.165, 1.54) is 16.1 Å². The molecule has 1 saturated heterocycles. The fraction of sp³-hybridized carbons (Fsp3) is 0.370. The number of hydrogen-bond donors (Lipinski definition) is 0. The first-order valence-electron chi connectivity index (χ1n) is 11.3. The second-order valence-corrected chi connectivity index (χ2v) is 10.4. The molecule has 1 aliphatic heterocycles. The Labute approximate surface area is 193 Å². The molecule has 1 aromatic heterocycles. The Hall–Kier alpha value is -2.63. The molecule has 0 atom stereocenters. The van der Waals surface area contributed by atoms with Crippen LogP contribution in [0.15, 0.2) is 54.6 Å². The maximum Gasteiger partial charge on any atom is 0.173 e. The number of morpholine rings is 1. The molecule has 0 amide bonds. The summed E-state index contributed by atoms with van der Waals surface area (Å²) in [7, 11) is 0. The Morgan fingerprint density at radius 2 is 1.72 bits per heavy atom. The molecule has 166 valence electrons. The van der Waals surface area contributed by atoms with Crippen LogP contribution in [0.1, 0.15) is 41.1 Å². The topological polar surface area (TPSA) is 38.8 Å². The molecule has 0 saturated carbocycles. The van der Waals surface area contributed by atoms with Crippen molar-refractivity contribution in [3.63, 3.8) is 0 Å². The molecule has 2 aromatic carbocycles. The Bertz CT molecular complexity index is 1110. The van der Waals surface area contributed by atoms with Gasteiger partial charge in [0.25, 0.3) is 0 Å². The number of nitrogens with zero attached hydrogens (tertiary/aromatic N) is 1. The number of thiophene rings is 1. The average Bonchev–Trinajstić information content (AvgIpc) is 3.17. The number of fused-ring (bicyclic) bond motifs is 1. The number of hydrogen-bond acceptors (Lipinski definition) is 5. The van der Waals surface area contributed by atoms with Gasteiger partial charge in [0.15, 0.2) is 5.78 Å². The monoisotopic (exact) mass is 447 g/mol. The van der Waals surface area contributed by atoms with Crippen LogP contribution in [0, 0.1) is 5.41 Å². The van der Waals surface area contributed by atoms with Gasteiger partial charge in [0.1, 0.15) is 17.4 Å². The normalized spacial score (nSPS) is 17.8. The third-order valence-electron chi connectivity index (χ3n) is 6.23. The molecule has 5 rings (SSSR count). The lowest BCUT2D eigenvalue weighted by atomic mass is 9.75. The molecule has 5 heteroatoms. The zero-order chi connectivity index (χ0) is 22.1. The van der Waals surface area contributed by atoms with E-state index < -0.39 is 0 Å². The van der Waals surface area contributed by atoms with E-state index in [4.69, 9.17) is 9.47 Å². The molecule has 2 aliphatic rings. The summed E-state index contributed by atoms with van der Waals surface area (Å²) in [6.45, 7) is 8.03. The minimum Gasteiger partial charge on any atom is -0.488 e. The highest BCUT2D eigenvalue weighted by atomic mass is 32.1. The van der Waals surface area contributed by atoms with E-state index in [1.54, 1.807) is 11.3 Å². The van der Waals surface area contributed by atoms with Crippen molar-refractivity contribution >= 4 is 22.1 Å². The number of benzene rings is 2. The van der Waals surface area contributed by atoms with Crippen molar-refractivity contribution in [3.8, 4) is 16.9 Å². The van der Waals surface area contributed by atoms with Crippen LogP contribution in [0.3, 0.4) is 0 Å². The molecular weight excluding hydrogens is 418 g/mol. The quantitative estimate of drug-likeness (QED) is 0.482. The van der Waals surface area contributed by atoms with Crippen molar-refractivity contribution in [2.75, 3.05) is 31.2 Å². The molecule has 0 N–H and O–H groups in total. The van der Waals surface area contributed by atoms with Crippen molar-refractivity contribution in [1.82, 2.24) is 0 Å². The number of ether oxygens (including phenoxy) is 2. The molecule has 0 unspecified atom stereocenters. The molecule has 3 aromatic rings. The van der Waals surface area contributed by atoms with Crippen molar-refractivity contribution in [3.05, 3.63) is 70.6 Å². The molecule has 0 radical (unpaired) electrons. The zero-order valence-corrected chi connectivity index (χ0v) is 19.5. The van der Waals surface area contributed by atoms with Gasteiger partial charge in [-0.05, 0) is 29.0 Å². The summed E-state index contributed by atoms with van der Waals surface area (Å²) in [4.78, 5) is 16.4. The standard InChI is InChI=1S/C27H29NO3S/c1-27(2)16-21-24(26(28-12-14-30-15-13-28)32-25(21)22(29)17-27)20-10-6-7-11-23(20)31-18-19-8-4-3-5-9-19/h3-11H,12-18H2,1-2H3. The van der Waals surface area contributed by atoms with Gasteiger partial charge in [-0.2, -0.15) is 0 Å². The van der Waals surface area contributed by atoms with Crippen LogP contribution in [-0.2, 0) is 17.8 Å². The lowest BCUT2D eigenvalue weighted by molar-refractivity contribution is 0.0918. The lowest BCUT2D eigenvalue weighted by Crippen LogP contribution is -2.36. The molecule has 0 spiro atoms. The van der Waals surface area contributed by atoms with Gasteiger partial charge in [-0.25, -0.2) is 0 Å². The van der Waals surface area contributed by atoms with Crippen molar-refractivity contribution in [1.29, 1.82) is 0 Å². The van der Waals surface area contributed by atoms with E-state index >= 15 is 0 Å². The van der Waals surface area contributed by atoms with E-state index in [2.05, 4.69) is 43.0 Å². The van der Waals surface area contributed by atoms with E-state index in [0.717, 1.165) is 41.3 Å². The molecule has 1 aliphatic carbocycles. The first kappa shape index (κ1) is 21.2. The second-order valence-electron chi connectivity index (χ2n) is 9.40. The van der Waals surface area contributed by atoms with E-state index in [9.17, 15) is 4.79 Å². The van der Waals surface area contributed by atoms with Crippen LogP contribution in [0.2, 0.25) is 0 Å². The first-order valence-corrected chi connectivity index (χ1v) is 12.1. The number of anilines is 1. The Morgan fingerprint density at radius 1 is 1.00 bits per heavy atom. The maximum atomic E-state index is 13.1. The second kappa shape index (κ2) is 8.72. The molecule has 4 nitrogen and oxygen atoms in total. The van der Waals surface area contributed by atoms with Crippen molar-refractivity contribution in [2.24, 2.45) is 5.41 Å². The zero-order valence-electron chi connectivity index (χ0n) is 18.7. The number of carbonyl (C=O) groups is 1. The summed E-state index contributed by atoms with van der Waals surface area (Å²) in [6, 6.07) is 18.5. The predicted octanol–water partition coefficient (Wildman–Crippen LogP) is 5.99. The van der Waals surface area contributed by atoms with Crippen LogP contribution in [0.25, 0.3) is 11.1 Å². The molecule has 1 fully saturated rings. The Kier molecular flexibility index (Phi) is 5.78. The molecule has 2 heterocycles. The van der Waals surface area contributed by atoms with Crippen molar-refractivity contribution < 1.29 is 14.3 Å². The summed E-state index contributed by atoms with van der Waals surface area (Å²) in [5, 5.41) is 1.18. The van der Waals surface area contributed by atoms with Crippen molar-refractivity contribution in [2.45, 2.75) is 33.3 Å².